The van der Waals surface area contributed by atoms with Gasteiger partial charge in [0.2, 0.25) is 5.91 Å². The van der Waals surface area contributed by atoms with Gasteiger partial charge in [0.05, 0.1) is 6.42 Å². The molecule has 0 radical (unpaired) electrons. The second-order valence-corrected chi connectivity index (χ2v) is 5.17. The van der Waals surface area contributed by atoms with E-state index in [-0.39, 0.29) is 11.4 Å². The van der Waals surface area contributed by atoms with Gasteiger partial charge in [-0.15, -0.1) is 0 Å². The minimum Gasteiger partial charge on any atom is -0.354 e. The number of hydrogen-bond donors (Lipinski definition) is 2. The van der Waals surface area contributed by atoms with Crippen molar-refractivity contribution in [3.63, 3.8) is 0 Å². The molecule has 3 N–H and O–H groups in total. The molecule has 0 bridgehead atoms. The lowest BCUT2D eigenvalue weighted by Gasteiger charge is -2.38. The highest BCUT2D eigenvalue weighted by atomic mass is 35.5. The van der Waals surface area contributed by atoms with Gasteiger partial charge in [0, 0.05) is 17.1 Å². The van der Waals surface area contributed by atoms with Crippen LogP contribution in [-0.4, -0.2) is 18.0 Å². The van der Waals surface area contributed by atoms with Crippen LogP contribution in [0.15, 0.2) is 24.3 Å². The normalized spacial score (nSPS) is 17.3. The van der Waals surface area contributed by atoms with Crippen LogP contribution >= 0.6 is 11.6 Å². The number of nitrogens with one attached hydrogen (secondary N) is 1. The molecule has 1 aliphatic carbocycles. The molecule has 0 spiro atoms. The first-order chi connectivity index (χ1) is 8.09. The first-order valence-corrected chi connectivity index (χ1v) is 6.26. The number of amides is 1. The van der Waals surface area contributed by atoms with Crippen LogP contribution in [0.25, 0.3) is 0 Å². The topological polar surface area (TPSA) is 55.1 Å². The molecule has 2 rings (SSSR count). The largest absolute Gasteiger partial charge is 0.354 e. The summed E-state index contributed by atoms with van der Waals surface area (Å²) in [6.45, 7) is 0.566. The molecule has 4 heteroatoms. The van der Waals surface area contributed by atoms with Gasteiger partial charge in [0.1, 0.15) is 0 Å². The standard InChI is InChI=1S/C13H17ClN2O/c14-11-5-2-1-4-10(11)8-12(17)16-9-13(15)6-3-7-13/h1-2,4-5H,3,6-9,15H2,(H,16,17). The van der Waals surface area contributed by atoms with Crippen LogP contribution in [0.5, 0.6) is 0 Å². The maximum absolute atomic E-state index is 11.7. The summed E-state index contributed by atoms with van der Waals surface area (Å²) in [5, 5.41) is 3.51. The second kappa shape index (κ2) is 5.07. The highest BCUT2D eigenvalue weighted by molar-refractivity contribution is 6.31. The average molecular weight is 253 g/mol. The highest BCUT2D eigenvalue weighted by Gasteiger charge is 2.32. The van der Waals surface area contributed by atoms with Crippen molar-refractivity contribution in [2.75, 3.05) is 6.54 Å². The Morgan fingerprint density at radius 1 is 1.41 bits per heavy atom. The molecule has 1 amide bonds. The molecule has 3 nitrogen and oxygen atoms in total. The smallest absolute Gasteiger partial charge is 0.224 e. The van der Waals surface area contributed by atoms with Crippen molar-refractivity contribution in [1.82, 2.24) is 5.32 Å². The van der Waals surface area contributed by atoms with E-state index < -0.39 is 0 Å². The lowest BCUT2D eigenvalue weighted by atomic mass is 9.78. The van der Waals surface area contributed by atoms with E-state index in [0.717, 1.165) is 24.8 Å². The van der Waals surface area contributed by atoms with Gasteiger partial charge in [-0.2, -0.15) is 0 Å². The number of carbonyl (C=O) groups excluding carboxylic acids is 1. The Hall–Kier alpha value is -1.06. The van der Waals surface area contributed by atoms with Crippen molar-refractivity contribution in [2.24, 2.45) is 5.73 Å². The number of nitrogens with two attached hydrogens (primary N) is 1. The van der Waals surface area contributed by atoms with E-state index in [1.807, 2.05) is 18.2 Å². The zero-order chi connectivity index (χ0) is 12.3. The van der Waals surface area contributed by atoms with Crippen LogP contribution in [-0.2, 0) is 11.2 Å². The van der Waals surface area contributed by atoms with E-state index in [2.05, 4.69) is 5.32 Å². The Balaban J connectivity index is 1.83. The van der Waals surface area contributed by atoms with Gasteiger partial charge in [0.25, 0.3) is 0 Å². The second-order valence-electron chi connectivity index (χ2n) is 4.76. The third-order valence-electron chi connectivity index (χ3n) is 3.30. The van der Waals surface area contributed by atoms with E-state index in [1.165, 1.54) is 0 Å². The third kappa shape index (κ3) is 3.20. The molecule has 92 valence electrons. The van der Waals surface area contributed by atoms with Crippen molar-refractivity contribution in [3.05, 3.63) is 34.9 Å². The molecule has 0 aromatic heterocycles. The van der Waals surface area contributed by atoms with Gasteiger partial charge >= 0.3 is 0 Å². The van der Waals surface area contributed by atoms with Crippen LogP contribution in [0.4, 0.5) is 0 Å². The SMILES string of the molecule is NC1(CNC(=O)Cc2ccccc2Cl)CCC1. The third-order valence-corrected chi connectivity index (χ3v) is 3.66. The van der Waals surface area contributed by atoms with Crippen molar-refractivity contribution < 1.29 is 4.79 Å². The summed E-state index contributed by atoms with van der Waals surface area (Å²) in [5.74, 6) is -0.0187. The van der Waals surface area contributed by atoms with Crippen molar-refractivity contribution in [3.8, 4) is 0 Å². The summed E-state index contributed by atoms with van der Waals surface area (Å²) < 4.78 is 0. The Bertz CT molecular complexity index is 416. The van der Waals surface area contributed by atoms with Gasteiger partial charge in [-0.05, 0) is 30.9 Å². The monoisotopic (exact) mass is 252 g/mol. The summed E-state index contributed by atoms with van der Waals surface area (Å²) in [6.07, 6.45) is 3.48. The molecule has 0 aliphatic heterocycles. The summed E-state index contributed by atoms with van der Waals surface area (Å²) in [7, 11) is 0. The van der Waals surface area contributed by atoms with E-state index >= 15 is 0 Å². The Morgan fingerprint density at radius 3 is 2.71 bits per heavy atom. The first kappa shape index (κ1) is 12.4. The summed E-state index contributed by atoms with van der Waals surface area (Å²) in [5.41, 5.74) is 6.72. The van der Waals surface area contributed by atoms with Crippen molar-refractivity contribution in [2.45, 2.75) is 31.2 Å². The van der Waals surface area contributed by atoms with Gasteiger partial charge in [-0.1, -0.05) is 29.8 Å². The molecule has 1 saturated carbocycles. The van der Waals surface area contributed by atoms with Gasteiger partial charge in [-0.25, -0.2) is 0 Å². The van der Waals surface area contributed by atoms with Gasteiger partial charge < -0.3 is 11.1 Å². The van der Waals surface area contributed by atoms with Crippen LogP contribution in [0.1, 0.15) is 24.8 Å². The molecule has 1 aromatic rings. The predicted octanol–water partition coefficient (Wildman–Crippen LogP) is 1.88. The molecule has 1 aromatic carbocycles. The van der Waals surface area contributed by atoms with Gasteiger partial charge in [0.15, 0.2) is 0 Å². The maximum Gasteiger partial charge on any atom is 0.224 e. The van der Waals surface area contributed by atoms with Crippen molar-refractivity contribution >= 4 is 17.5 Å². The van der Waals surface area contributed by atoms with E-state index in [1.54, 1.807) is 6.07 Å². The highest BCUT2D eigenvalue weighted by Crippen LogP contribution is 2.28. The fourth-order valence-corrected chi connectivity index (χ4v) is 2.16. The average Bonchev–Trinajstić information content (AvgIpc) is 2.27. The van der Waals surface area contributed by atoms with Gasteiger partial charge in [-0.3, -0.25) is 4.79 Å². The first-order valence-electron chi connectivity index (χ1n) is 5.88. The number of hydrogen-bond acceptors (Lipinski definition) is 2. The summed E-state index contributed by atoms with van der Waals surface area (Å²) in [6, 6.07) is 7.39. The van der Waals surface area contributed by atoms with Crippen LogP contribution in [0.3, 0.4) is 0 Å². The molecule has 17 heavy (non-hydrogen) atoms. The molecule has 0 atom stereocenters. The van der Waals surface area contributed by atoms with Crippen LogP contribution < -0.4 is 11.1 Å². The number of benzene rings is 1. The molecule has 0 unspecified atom stereocenters. The minimum absolute atomic E-state index is 0.0187. The maximum atomic E-state index is 11.7. The summed E-state index contributed by atoms with van der Waals surface area (Å²) >= 11 is 5.99. The van der Waals surface area contributed by atoms with Crippen molar-refractivity contribution in [1.29, 1.82) is 0 Å². The minimum atomic E-state index is -0.170. The molecule has 1 aliphatic rings. The quantitative estimate of drug-likeness (QED) is 0.860. The Morgan fingerprint density at radius 2 is 2.12 bits per heavy atom. The fraction of sp³-hybridized carbons (Fsp3) is 0.462. The number of rotatable bonds is 4. The Kier molecular flexibility index (Phi) is 3.69. The Labute approximate surface area is 106 Å². The van der Waals surface area contributed by atoms with E-state index in [4.69, 9.17) is 17.3 Å². The lowest BCUT2D eigenvalue weighted by molar-refractivity contribution is -0.120. The zero-order valence-corrected chi connectivity index (χ0v) is 10.5. The van der Waals surface area contributed by atoms with Crippen LogP contribution in [0, 0.1) is 0 Å². The fourth-order valence-electron chi connectivity index (χ4n) is 1.96. The molecular weight excluding hydrogens is 236 g/mol. The van der Waals surface area contributed by atoms with E-state index in [0.29, 0.717) is 18.0 Å². The molecular formula is C13H17ClN2O. The van der Waals surface area contributed by atoms with E-state index in [9.17, 15) is 4.79 Å². The number of carbonyl (C=O) groups is 1. The summed E-state index contributed by atoms with van der Waals surface area (Å²) in [4.78, 5) is 11.7. The molecule has 0 saturated heterocycles. The predicted molar refractivity (Wildman–Crippen MR) is 68.9 cm³/mol. The number of halogens is 1. The molecule has 1 fully saturated rings. The van der Waals surface area contributed by atoms with Crippen LogP contribution in [0.2, 0.25) is 5.02 Å². The molecule has 0 heterocycles. The zero-order valence-electron chi connectivity index (χ0n) is 9.71. The lowest BCUT2D eigenvalue weighted by Crippen LogP contribution is -2.55.